The van der Waals surface area contributed by atoms with Gasteiger partial charge >= 0.3 is 0 Å². The SMILES string of the molecule is Cn1c(Nc2cc(C3CC3)cn([C@@H]3CCCOC3)c2=O)nc2ncc(OC(=CN)c3cnccn3)c(Cl)c21. The molecule has 2 fully saturated rings. The van der Waals surface area contributed by atoms with Gasteiger partial charge in [-0.25, -0.2) is 9.97 Å². The molecule has 196 valence electrons. The molecule has 5 heterocycles. The zero-order valence-corrected chi connectivity index (χ0v) is 21.6. The van der Waals surface area contributed by atoms with E-state index in [1.165, 1.54) is 24.8 Å². The molecule has 4 aromatic rings. The summed E-state index contributed by atoms with van der Waals surface area (Å²) < 4.78 is 15.2. The molecule has 1 aliphatic carbocycles. The average molecular weight is 535 g/mol. The Kier molecular flexibility index (Phi) is 6.46. The summed E-state index contributed by atoms with van der Waals surface area (Å²) in [6.45, 7) is 1.27. The van der Waals surface area contributed by atoms with E-state index in [1.807, 2.05) is 16.8 Å². The Balaban J connectivity index is 1.35. The fraction of sp³-hybridized carbons (Fsp3) is 0.346. The van der Waals surface area contributed by atoms with E-state index < -0.39 is 0 Å². The van der Waals surface area contributed by atoms with Crippen molar-refractivity contribution in [2.45, 2.75) is 37.6 Å². The van der Waals surface area contributed by atoms with Gasteiger partial charge in [0.15, 0.2) is 17.2 Å². The third kappa shape index (κ3) is 4.59. The van der Waals surface area contributed by atoms with Crippen molar-refractivity contribution in [2.75, 3.05) is 18.5 Å². The molecule has 38 heavy (non-hydrogen) atoms. The number of hydrogen-bond donors (Lipinski definition) is 2. The van der Waals surface area contributed by atoms with Gasteiger partial charge in [-0.15, -0.1) is 0 Å². The molecule has 6 rings (SSSR count). The second-order valence-electron chi connectivity index (χ2n) is 9.50. The number of nitrogens with two attached hydrogens (primary N) is 1. The summed E-state index contributed by atoms with van der Waals surface area (Å²) in [4.78, 5) is 30.8. The quantitative estimate of drug-likeness (QED) is 0.338. The molecule has 2 aliphatic rings. The lowest BCUT2D eigenvalue weighted by atomic mass is 10.1. The molecule has 0 radical (unpaired) electrons. The number of pyridine rings is 2. The van der Waals surface area contributed by atoms with Crippen molar-refractivity contribution in [3.05, 3.63) is 69.9 Å². The van der Waals surface area contributed by atoms with Gasteiger partial charge in [-0.05, 0) is 43.2 Å². The summed E-state index contributed by atoms with van der Waals surface area (Å²) in [5, 5.41) is 3.54. The van der Waals surface area contributed by atoms with E-state index >= 15 is 0 Å². The Morgan fingerprint density at radius 3 is 2.84 bits per heavy atom. The van der Waals surface area contributed by atoms with Gasteiger partial charge in [0.2, 0.25) is 5.95 Å². The number of halogens is 1. The highest BCUT2D eigenvalue weighted by molar-refractivity contribution is 6.36. The minimum Gasteiger partial charge on any atom is -0.450 e. The first-order valence-electron chi connectivity index (χ1n) is 12.5. The van der Waals surface area contributed by atoms with Crippen molar-refractivity contribution in [3.8, 4) is 5.75 Å². The second-order valence-corrected chi connectivity index (χ2v) is 9.87. The summed E-state index contributed by atoms with van der Waals surface area (Å²) in [6.07, 6.45) is 13.5. The third-order valence-corrected chi connectivity index (χ3v) is 7.25. The zero-order valence-electron chi connectivity index (χ0n) is 20.8. The van der Waals surface area contributed by atoms with Gasteiger partial charge in [-0.2, -0.15) is 4.98 Å². The molecular weight excluding hydrogens is 508 g/mol. The van der Waals surface area contributed by atoms with Crippen LogP contribution >= 0.6 is 11.6 Å². The van der Waals surface area contributed by atoms with Gasteiger partial charge in [-0.3, -0.25) is 9.78 Å². The number of rotatable bonds is 7. The van der Waals surface area contributed by atoms with Gasteiger partial charge in [0.1, 0.15) is 21.9 Å². The van der Waals surface area contributed by atoms with Gasteiger partial charge in [0.05, 0.1) is 25.0 Å². The van der Waals surface area contributed by atoms with E-state index in [4.69, 9.17) is 26.8 Å². The molecule has 0 bridgehead atoms. The van der Waals surface area contributed by atoms with Crippen LogP contribution in [0, 0.1) is 0 Å². The lowest BCUT2D eigenvalue weighted by Crippen LogP contribution is -2.31. The monoisotopic (exact) mass is 534 g/mol. The van der Waals surface area contributed by atoms with Crippen LogP contribution in [-0.4, -0.2) is 42.3 Å². The first kappa shape index (κ1) is 24.4. The molecule has 1 saturated heterocycles. The van der Waals surface area contributed by atoms with Crippen LogP contribution in [-0.2, 0) is 11.8 Å². The number of fused-ring (bicyclic) bond motifs is 1. The largest absolute Gasteiger partial charge is 0.450 e. The smallest absolute Gasteiger partial charge is 0.274 e. The molecule has 1 saturated carbocycles. The lowest BCUT2D eigenvalue weighted by molar-refractivity contribution is 0.0580. The van der Waals surface area contributed by atoms with Gasteiger partial charge in [0.25, 0.3) is 5.56 Å². The molecule has 4 aromatic heterocycles. The number of ether oxygens (including phenoxy) is 2. The number of nitrogens with zero attached hydrogens (tertiary/aromatic N) is 6. The van der Waals surface area contributed by atoms with Crippen molar-refractivity contribution < 1.29 is 9.47 Å². The van der Waals surface area contributed by atoms with E-state index in [-0.39, 0.29) is 23.1 Å². The van der Waals surface area contributed by atoms with Crippen LogP contribution in [0.1, 0.15) is 48.9 Å². The molecule has 11 nitrogen and oxygen atoms in total. The zero-order chi connectivity index (χ0) is 26.2. The van der Waals surface area contributed by atoms with Crippen LogP contribution in [0.3, 0.4) is 0 Å². The molecule has 0 aromatic carbocycles. The molecule has 12 heteroatoms. The highest BCUT2D eigenvalue weighted by Crippen LogP contribution is 2.41. The Hall–Kier alpha value is -3.96. The maximum atomic E-state index is 13.5. The topological polar surface area (TPSA) is 135 Å². The minimum atomic E-state index is -0.110. The molecule has 0 amide bonds. The molecule has 3 N–H and O–H groups in total. The number of hydrogen-bond acceptors (Lipinski definition) is 9. The molecule has 0 unspecified atom stereocenters. The standard InChI is InChI=1S/C26H27ClN8O3/c1-34-23-22(27)21(38-20(10-28)19-11-29-6-7-30-19)12-31-24(23)33-26(34)32-18-9-16(15-4-5-15)13-35(25(18)36)17-3-2-8-37-14-17/h6-7,9-13,15,17H,2-5,8,14,28H2,1H3,(H,31,32,33)/t17-/m1/s1. The summed E-state index contributed by atoms with van der Waals surface area (Å²) in [5.74, 6) is 1.48. The fourth-order valence-corrected chi connectivity index (χ4v) is 5.00. The van der Waals surface area contributed by atoms with Crippen LogP contribution in [0.25, 0.3) is 16.9 Å². The average Bonchev–Trinajstić information content (AvgIpc) is 3.75. The third-order valence-electron chi connectivity index (χ3n) is 6.88. The number of nitrogens with one attached hydrogen (secondary N) is 1. The number of anilines is 2. The van der Waals surface area contributed by atoms with Crippen molar-refractivity contribution in [1.29, 1.82) is 0 Å². The Morgan fingerprint density at radius 2 is 2.13 bits per heavy atom. The van der Waals surface area contributed by atoms with Crippen LogP contribution < -0.4 is 21.3 Å². The summed E-state index contributed by atoms with van der Waals surface area (Å²) in [5.41, 5.74) is 8.67. The molecular formula is C26H27ClN8O3. The van der Waals surface area contributed by atoms with Crippen molar-refractivity contribution in [2.24, 2.45) is 12.8 Å². The van der Waals surface area contributed by atoms with Gasteiger partial charge in [0, 0.05) is 38.4 Å². The predicted octanol–water partition coefficient (Wildman–Crippen LogP) is 3.88. The highest BCUT2D eigenvalue weighted by atomic mass is 35.5. The second kappa shape index (κ2) is 10.1. The first-order valence-corrected chi connectivity index (χ1v) is 12.9. The van der Waals surface area contributed by atoms with Crippen LogP contribution in [0.15, 0.2) is 48.0 Å². The molecule has 1 aliphatic heterocycles. The Bertz CT molecular complexity index is 1570. The normalized spacial score (nSPS) is 18.1. The predicted molar refractivity (Wildman–Crippen MR) is 143 cm³/mol. The Labute approximate surface area is 223 Å². The van der Waals surface area contributed by atoms with Gasteiger partial charge in [-0.1, -0.05) is 11.6 Å². The number of imidazole rings is 1. The van der Waals surface area contributed by atoms with E-state index in [9.17, 15) is 4.79 Å². The van der Waals surface area contributed by atoms with E-state index in [1.54, 1.807) is 17.8 Å². The van der Waals surface area contributed by atoms with Crippen LogP contribution in [0.5, 0.6) is 5.75 Å². The number of aromatic nitrogens is 6. The first-order chi connectivity index (χ1) is 18.5. The number of aryl methyl sites for hydroxylation is 1. The molecule has 1 atom stereocenters. The maximum Gasteiger partial charge on any atom is 0.274 e. The van der Waals surface area contributed by atoms with Crippen molar-refractivity contribution in [1.82, 2.24) is 29.1 Å². The lowest BCUT2D eigenvalue weighted by Gasteiger charge is -2.25. The van der Waals surface area contributed by atoms with E-state index in [2.05, 4.69) is 25.3 Å². The maximum absolute atomic E-state index is 13.5. The molecule has 0 spiro atoms. The van der Waals surface area contributed by atoms with Crippen molar-refractivity contribution in [3.63, 3.8) is 0 Å². The summed E-state index contributed by atoms with van der Waals surface area (Å²) >= 11 is 6.75. The van der Waals surface area contributed by atoms with Crippen LogP contribution in [0.4, 0.5) is 11.6 Å². The van der Waals surface area contributed by atoms with E-state index in [0.717, 1.165) is 37.9 Å². The minimum absolute atomic E-state index is 0.0193. The van der Waals surface area contributed by atoms with Crippen molar-refractivity contribution >= 4 is 40.2 Å². The summed E-state index contributed by atoms with van der Waals surface area (Å²) in [7, 11) is 1.80. The summed E-state index contributed by atoms with van der Waals surface area (Å²) in [6, 6.07) is 1.95. The Morgan fingerprint density at radius 1 is 1.26 bits per heavy atom. The fourth-order valence-electron chi connectivity index (χ4n) is 4.70. The van der Waals surface area contributed by atoms with E-state index in [0.29, 0.717) is 46.0 Å². The highest BCUT2D eigenvalue weighted by Gasteiger charge is 2.28. The van der Waals surface area contributed by atoms with Crippen LogP contribution in [0.2, 0.25) is 5.02 Å². The van der Waals surface area contributed by atoms with Gasteiger partial charge < -0.3 is 29.7 Å².